The van der Waals surface area contributed by atoms with Crippen molar-refractivity contribution in [3.8, 4) is 5.75 Å². The molecule has 0 aliphatic carbocycles. The van der Waals surface area contributed by atoms with Gasteiger partial charge in [-0.15, -0.1) is 0 Å². The van der Waals surface area contributed by atoms with Crippen LogP contribution in [0.1, 0.15) is 11.1 Å². The first kappa shape index (κ1) is 14.5. The van der Waals surface area contributed by atoms with Gasteiger partial charge in [-0.05, 0) is 35.9 Å². The highest BCUT2D eigenvalue weighted by Gasteiger charge is 2.20. The van der Waals surface area contributed by atoms with Gasteiger partial charge < -0.3 is 10.5 Å². The van der Waals surface area contributed by atoms with Crippen LogP contribution in [-0.4, -0.2) is 10.8 Å². The Bertz CT molecular complexity index is 736. The van der Waals surface area contributed by atoms with Crippen LogP contribution in [0.3, 0.4) is 0 Å². The number of hydrogen-bond acceptors (Lipinski definition) is 3. The number of hydrogen-bond donors (Lipinski definition) is 1. The molecular formula is C15H13BrFNO2S. The first-order valence-corrected chi connectivity index (χ1v) is 8.53. The van der Waals surface area contributed by atoms with E-state index in [9.17, 15) is 8.60 Å². The van der Waals surface area contributed by atoms with Crippen LogP contribution in [0.4, 0.5) is 10.1 Å². The lowest BCUT2D eigenvalue weighted by atomic mass is 10.1. The molecule has 3 nitrogen and oxygen atoms in total. The molecule has 1 aliphatic rings. The molecule has 2 aromatic carbocycles. The summed E-state index contributed by atoms with van der Waals surface area (Å²) in [6.07, 6.45) is 0.854. The largest absolute Gasteiger partial charge is 0.493 e. The molecule has 3 rings (SSSR count). The summed E-state index contributed by atoms with van der Waals surface area (Å²) in [6, 6.07) is 7.85. The number of benzene rings is 2. The van der Waals surface area contributed by atoms with Gasteiger partial charge in [-0.3, -0.25) is 4.21 Å². The second-order valence-electron chi connectivity index (χ2n) is 4.82. The Balaban J connectivity index is 1.92. The van der Waals surface area contributed by atoms with E-state index in [4.69, 9.17) is 10.5 Å². The van der Waals surface area contributed by atoms with Crippen molar-refractivity contribution in [2.75, 3.05) is 12.3 Å². The molecule has 1 atom stereocenters. The van der Waals surface area contributed by atoms with E-state index in [-0.39, 0.29) is 11.4 Å². The predicted octanol–water partition coefficient (Wildman–Crippen LogP) is 3.41. The number of anilines is 1. The number of halogens is 2. The highest BCUT2D eigenvalue weighted by Crippen LogP contribution is 2.34. The van der Waals surface area contributed by atoms with E-state index in [0.717, 1.165) is 27.8 Å². The van der Waals surface area contributed by atoms with Gasteiger partial charge in [0.05, 0.1) is 33.7 Å². The number of nitrogens with two attached hydrogens (primary N) is 1. The Morgan fingerprint density at radius 2 is 2.14 bits per heavy atom. The first-order valence-electron chi connectivity index (χ1n) is 6.42. The quantitative estimate of drug-likeness (QED) is 0.843. The van der Waals surface area contributed by atoms with Crippen molar-refractivity contribution in [3.63, 3.8) is 0 Å². The maximum Gasteiger partial charge on any atom is 0.126 e. The molecule has 0 bridgehead atoms. The molecular weight excluding hydrogens is 357 g/mol. The molecule has 110 valence electrons. The minimum atomic E-state index is -1.35. The Labute approximate surface area is 132 Å². The van der Waals surface area contributed by atoms with Gasteiger partial charge in [0.2, 0.25) is 0 Å². The molecule has 1 aliphatic heterocycles. The fourth-order valence-electron chi connectivity index (χ4n) is 2.40. The lowest BCUT2D eigenvalue weighted by molar-refractivity contribution is 0.354. The topological polar surface area (TPSA) is 52.3 Å². The number of rotatable bonds is 3. The third-order valence-corrected chi connectivity index (χ3v) is 5.22. The molecule has 1 unspecified atom stereocenters. The van der Waals surface area contributed by atoms with E-state index in [1.165, 1.54) is 18.2 Å². The highest BCUT2D eigenvalue weighted by molar-refractivity contribution is 9.10. The van der Waals surface area contributed by atoms with Gasteiger partial charge >= 0.3 is 0 Å². The van der Waals surface area contributed by atoms with E-state index >= 15 is 0 Å². The molecule has 0 amide bonds. The van der Waals surface area contributed by atoms with Crippen LogP contribution in [0, 0.1) is 5.82 Å². The predicted molar refractivity (Wildman–Crippen MR) is 84.3 cm³/mol. The molecule has 21 heavy (non-hydrogen) atoms. The molecule has 2 aromatic rings. The van der Waals surface area contributed by atoms with Crippen molar-refractivity contribution in [1.82, 2.24) is 0 Å². The molecule has 2 N–H and O–H groups in total. The van der Waals surface area contributed by atoms with E-state index in [1.807, 2.05) is 12.1 Å². The third-order valence-electron chi connectivity index (χ3n) is 3.33. The minimum absolute atomic E-state index is 0.209. The maximum absolute atomic E-state index is 13.1. The van der Waals surface area contributed by atoms with Crippen LogP contribution in [-0.2, 0) is 23.0 Å². The van der Waals surface area contributed by atoms with Gasteiger partial charge in [0.1, 0.15) is 11.6 Å². The summed E-state index contributed by atoms with van der Waals surface area (Å²) in [5.74, 6) is 0.671. The van der Waals surface area contributed by atoms with Gasteiger partial charge in [-0.25, -0.2) is 4.39 Å². The SMILES string of the molecule is Nc1cc(F)ccc1S(=O)Cc1cc(Br)cc2c1OCC2. The van der Waals surface area contributed by atoms with E-state index in [2.05, 4.69) is 15.9 Å². The van der Waals surface area contributed by atoms with Gasteiger partial charge in [-0.1, -0.05) is 15.9 Å². The lowest BCUT2D eigenvalue weighted by Gasteiger charge is -2.10. The molecule has 0 fully saturated rings. The molecule has 6 heteroatoms. The van der Waals surface area contributed by atoms with E-state index in [0.29, 0.717) is 11.5 Å². The zero-order valence-corrected chi connectivity index (χ0v) is 13.5. The minimum Gasteiger partial charge on any atom is -0.493 e. The normalized spacial score (nSPS) is 14.6. The van der Waals surface area contributed by atoms with Crippen LogP contribution in [0.2, 0.25) is 0 Å². The van der Waals surface area contributed by atoms with Crippen molar-refractivity contribution in [3.05, 3.63) is 51.7 Å². The molecule has 1 heterocycles. The summed E-state index contributed by atoms with van der Waals surface area (Å²) >= 11 is 3.46. The smallest absolute Gasteiger partial charge is 0.126 e. The monoisotopic (exact) mass is 369 g/mol. The van der Waals surface area contributed by atoms with Gasteiger partial charge in [0.15, 0.2) is 0 Å². The van der Waals surface area contributed by atoms with Gasteiger partial charge in [-0.2, -0.15) is 0 Å². The summed E-state index contributed by atoms with van der Waals surface area (Å²) in [6.45, 7) is 0.643. The molecule has 0 saturated heterocycles. The van der Waals surface area contributed by atoms with Crippen molar-refractivity contribution in [2.45, 2.75) is 17.1 Å². The molecule has 0 aromatic heterocycles. The summed E-state index contributed by atoms with van der Waals surface area (Å²) in [5, 5.41) is 0. The van der Waals surface area contributed by atoms with E-state index < -0.39 is 16.6 Å². The van der Waals surface area contributed by atoms with Crippen LogP contribution >= 0.6 is 15.9 Å². The van der Waals surface area contributed by atoms with Crippen molar-refractivity contribution in [2.24, 2.45) is 0 Å². The van der Waals surface area contributed by atoms with Crippen LogP contribution in [0.15, 0.2) is 39.7 Å². The van der Waals surface area contributed by atoms with Crippen LogP contribution < -0.4 is 10.5 Å². The highest BCUT2D eigenvalue weighted by atomic mass is 79.9. The maximum atomic E-state index is 13.1. The van der Waals surface area contributed by atoms with Gasteiger partial charge in [0.25, 0.3) is 0 Å². The summed E-state index contributed by atoms with van der Waals surface area (Å²) in [7, 11) is -1.35. The fraction of sp³-hybridized carbons (Fsp3) is 0.200. The number of ether oxygens (including phenoxy) is 1. The summed E-state index contributed by atoms with van der Waals surface area (Å²) in [4.78, 5) is 0.447. The first-order chi connectivity index (χ1) is 10.0. The Kier molecular flexibility index (Phi) is 3.99. The second-order valence-corrected chi connectivity index (χ2v) is 7.16. The van der Waals surface area contributed by atoms with E-state index in [1.54, 1.807) is 0 Å². The lowest BCUT2D eigenvalue weighted by Crippen LogP contribution is -2.03. The second kappa shape index (κ2) is 5.77. The zero-order valence-electron chi connectivity index (χ0n) is 11.1. The van der Waals surface area contributed by atoms with Crippen LogP contribution in [0.25, 0.3) is 0 Å². The number of fused-ring (bicyclic) bond motifs is 1. The van der Waals surface area contributed by atoms with Crippen molar-refractivity contribution in [1.29, 1.82) is 0 Å². The standard InChI is InChI=1S/C15H13BrFNO2S/c16-11-5-9-3-4-20-15(9)10(6-11)8-21(19)14-2-1-12(17)7-13(14)18/h1-2,5-7H,3-4,8,18H2. The third kappa shape index (κ3) is 2.96. The Hall–Kier alpha value is -1.40. The van der Waals surface area contributed by atoms with Crippen molar-refractivity contribution < 1.29 is 13.3 Å². The average Bonchev–Trinajstić information content (AvgIpc) is 2.86. The van der Waals surface area contributed by atoms with Crippen LogP contribution in [0.5, 0.6) is 5.75 Å². The summed E-state index contributed by atoms with van der Waals surface area (Å²) in [5.41, 5.74) is 7.94. The fourth-order valence-corrected chi connectivity index (χ4v) is 4.15. The Morgan fingerprint density at radius 3 is 2.90 bits per heavy atom. The van der Waals surface area contributed by atoms with Crippen molar-refractivity contribution >= 4 is 32.4 Å². The summed E-state index contributed by atoms with van der Waals surface area (Å²) < 4.78 is 32.1. The van der Waals surface area contributed by atoms with Gasteiger partial charge in [0, 0.05) is 16.5 Å². The Morgan fingerprint density at radius 1 is 1.33 bits per heavy atom. The molecule has 0 radical (unpaired) electrons. The molecule has 0 spiro atoms. The zero-order chi connectivity index (χ0) is 15.0. The average molecular weight is 370 g/mol. The number of nitrogen functional groups attached to an aromatic ring is 1. The molecule has 0 saturated carbocycles.